The molecule has 0 aliphatic rings. The molecule has 0 radical (unpaired) electrons. The summed E-state index contributed by atoms with van der Waals surface area (Å²) in [6, 6.07) is 11.4. The summed E-state index contributed by atoms with van der Waals surface area (Å²) in [5, 5.41) is 9.80. The van der Waals surface area contributed by atoms with Gasteiger partial charge in [-0.3, -0.25) is 0 Å². The van der Waals surface area contributed by atoms with Gasteiger partial charge in [-0.1, -0.05) is 18.2 Å². The van der Waals surface area contributed by atoms with Crippen LogP contribution in [0.3, 0.4) is 0 Å². The summed E-state index contributed by atoms with van der Waals surface area (Å²) in [4.78, 5) is 0. The fraction of sp³-hybridized carbons (Fsp3) is 0.353. The minimum absolute atomic E-state index is 0.186. The van der Waals surface area contributed by atoms with Crippen LogP contribution in [-0.2, 0) is 7.05 Å². The maximum atomic E-state index is 9.80. The zero-order valence-electron chi connectivity index (χ0n) is 12.6. The molecule has 0 fully saturated rings. The molecule has 0 aliphatic carbocycles. The Morgan fingerprint density at radius 1 is 1.00 bits per heavy atom. The van der Waals surface area contributed by atoms with Crippen molar-refractivity contribution in [3.8, 4) is 17.2 Å². The summed E-state index contributed by atoms with van der Waals surface area (Å²) < 4.78 is 13.2. The van der Waals surface area contributed by atoms with Gasteiger partial charge in [0.05, 0.1) is 13.2 Å². The van der Waals surface area contributed by atoms with Crippen LogP contribution in [0.4, 0.5) is 0 Å². The zero-order valence-corrected chi connectivity index (χ0v) is 12.6. The minimum atomic E-state index is 0.186. The lowest BCUT2D eigenvalue weighted by Crippen LogP contribution is -2.31. The molecule has 2 rings (SSSR count). The summed E-state index contributed by atoms with van der Waals surface area (Å²) in [6.07, 6.45) is 3.60. The van der Waals surface area contributed by atoms with E-state index in [1.54, 1.807) is 6.07 Å². The predicted octanol–water partition coefficient (Wildman–Crippen LogP) is 2.76. The van der Waals surface area contributed by atoms with Gasteiger partial charge in [-0.25, -0.2) is 4.57 Å². The van der Waals surface area contributed by atoms with Crippen LogP contribution in [-0.4, -0.2) is 18.3 Å². The summed E-state index contributed by atoms with van der Waals surface area (Å²) in [5.74, 6) is 1.64. The van der Waals surface area contributed by atoms with E-state index in [1.165, 1.54) is 0 Å². The summed E-state index contributed by atoms with van der Waals surface area (Å²) >= 11 is 0. The number of rotatable bonds is 7. The van der Waals surface area contributed by atoms with Crippen molar-refractivity contribution < 1.29 is 19.1 Å². The number of aromatic hydroxyl groups is 1. The topological polar surface area (TPSA) is 42.6 Å². The largest absolute Gasteiger partial charge is 0.504 e. The summed E-state index contributed by atoms with van der Waals surface area (Å²) in [7, 11) is 1.93. The molecule has 0 spiro atoms. The number of aryl methyl sites for hydroxylation is 1. The van der Waals surface area contributed by atoms with Crippen molar-refractivity contribution in [2.75, 3.05) is 13.2 Å². The third-order valence-electron chi connectivity index (χ3n) is 3.34. The SMILES string of the molecule is Cc1c(OCCCCOc2ccccc2)c(O)cc[n+]1C. The molecule has 0 saturated heterocycles. The van der Waals surface area contributed by atoms with Gasteiger partial charge in [-0.2, -0.15) is 0 Å². The first-order valence-electron chi connectivity index (χ1n) is 7.17. The molecule has 112 valence electrons. The number of ether oxygens (including phenoxy) is 2. The number of unbranched alkanes of at least 4 members (excludes halogenated alkanes) is 1. The maximum absolute atomic E-state index is 9.80. The second kappa shape index (κ2) is 7.53. The molecule has 1 heterocycles. The fourth-order valence-electron chi connectivity index (χ4n) is 1.98. The lowest BCUT2D eigenvalue weighted by molar-refractivity contribution is -0.678. The average molecular weight is 288 g/mol. The smallest absolute Gasteiger partial charge is 0.228 e. The number of hydrogen-bond acceptors (Lipinski definition) is 3. The Hall–Kier alpha value is -2.23. The molecule has 1 N–H and O–H groups in total. The van der Waals surface area contributed by atoms with Crippen molar-refractivity contribution in [2.24, 2.45) is 7.05 Å². The van der Waals surface area contributed by atoms with Crippen molar-refractivity contribution >= 4 is 0 Å². The van der Waals surface area contributed by atoms with Gasteiger partial charge in [0, 0.05) is 13.0 Å². The first-order chi connectivity index (χ1) is 10.2. The van der Waals surface area contributed by atoms with Crippen LogP contribution in [0.1, 0.15) is 18.5 Å². The molecule has 1 aromatic heterocycles. The quantitative estimate of drug-likeness (QED) is 0.629. The molecule has 4 nitrogen and oxygen atoms in total. The van der Waals surface area contributed by atoms with Crippen LogP contribution < -0.4 is 14.0 Å². The monoisotopic (exact) mass is 288 g/mol. The van der Waals surface area contributed by atoms with E-state index in [4.69, 9.17) is 9.47 Å². The van der Waals surface area contributed by atoms with E-state index in [2.05, 4.69) is 0 Å². The lowest BCUT2D eigenvalue weighted by atomic mass is 10.3. The zero-order chi connectivity index (χ0) is 15.1. The van der Waals surface area contributed by atoms with Crippen LogP contribution in [0.2, 0.25) is 0 Å². The molecular formula is C17H22NO3+. The Balaban J connectivity index is 1.70. The van der Waals surface area contributed by atoms with Gasteiger partial charge >= 0.3 is 0 Å². The third kappa shape index (κ3) is 4.38. The number of pyridine rings is 1. The number of aromatic nitrogens is 1. The van der Waals surface area contributed by atoms with Gasteiger partial charge in [0.15, 0.2) is 11.9 Å². The molecule has 0 unspecified atom stereocenters. The second-order valence-electron chi connectivity index (χ2n) is 4.94. The highest BCUT2D eigenvalue weighted by atomic mass is 16.5. The second-order valence-corrected chi connectivity index (χ2v) is 4.94. The van der Waals surface area contributed by atoms with Crippen LogP contribution in [0.5, 0.6) is 17.2 Å². The highest BCUT2D eigenvalue weighted by molar-refractivity contribution is 5.38. The van der Waals surface area contributed by atoms with Crippen molar-refractivity contribution in [2.45, 2.75) is 19.8 Å². The maximum Gasteiger partial charge on any atom is 0.228 e. The molecule has 0 atom stereocenters. The Kier molecular flexibility index (Phi) is 5.43. The van der Waals surface area contributed by atoms with Gasteiger partial charge < -0.3 is 14.6 Å². The Morgan fingerprint density at radius 3 is 2.38 bits per heavy atom. The van der Waals surface area contributed by atoms with Crippen LogP contribution in [0, 0.1) is 6.92 Å². The van der Waals surface area contributed by atoms with Crippen molar-refractivity contribution in [1.29, 1.82) is 0 Å². The molecule has 4 heteroatoms. The Bertz CT molecular complexity index is 570. The normalized spacial score (nSPS) is 10.4. The number of benzene rings is 1. The number of hydrogen-bond donors (Lipinski definition) is 1. The van der Waals surface area contributed by atoms with E-state index >= 15 is 0 Å². The third-order valence-corrected chi connectivity index (χ3v) is 3.34. The Morgan fingerprint density at radius 2 is 1.67 bits per heavy atom. The van der Waals surface area contributed by atoms with Crippen LogP contribution in [0.15, 0.2) is 42.6 Å². The first-order valence-corrected chi connectivity index (χ1v) is 7.17. The van der Waals surface area contributed by atoms with E-state index in [1.807, 2.05) is 55.1 Å². The Labute approximate surface area is 125 Å². The molecule has 0 aliphatic heterocycles. The van der Waals surface area contributed by atoms with Crippen molar-refractivity contribution in [3.63, 3.8) is 0 Å². The number of para-hydroxylation sites is 1. The summed E-state index contributed by atoms with van der Waals surface area (Å²) in [6.45, 7) is 3.16. The fourth-order valence-corrected chi connectivity index (χ4v) is 1.98. The molecule has 21 heavy (non-hydrogen) atoms. The van der Waals surface area contributed by atoms with Gasteiger partial charge in [0.25, 0.3) is 0 Å². The van der Waals surface area contributed by atoms with Gasteiger partial charge in [0.1, 0.15) is 12.8 Å². The molecule has 0 amide bonds. The minimum Gasteiger partial charge on any atom is -0.504 e. The lowest BCUT2D eigenvalue weighted by Gasteiger charge is -2.09. The summed E-state index contributed by atoms with van der Waals surface area (Å²) in [5.41, 5.74) is 0.913. The van der Waals surface area contributed by atoms with Gasteiger partial charge in [-0.15, -0.1) is 0 Å². The predicted molar refractivity (Wildman–Crippen MR) is 80.7 cm³/mol. The van der Waals surface area contributed by atoms with Crippen LogP contribution >= 0.6 is 0 Å². The van der Waals surface area contributed by atoms with E-state index in [0.29, 0.717) is 19.0 Å². The highest BCUT2D eigenvalue weighted by Gasteiger charge is 2.14. The van der Waals surface area contributed by atoms with Crippen molar-refractivity contribution in [1.82, 2.24) is 0 Å². The van der Waals surface area contributed by atoms with E-state index in [0.717, 1.165) is 24.3 Å². The average Bonchev–Trinajstić information content (AvgIpc) is 2.51. The number of nitrogens with zero attached hydrogens (tertiary/aromatic N) is 1. The highest BCUT2D eigenvalue weighted by Crippen LogP contribution is 2.26. The molecule has 0 saturated carbocycles. The van der Waals surface area contributed by atoms with Crippen LogP contribution in [0.25, 0.3) is 0 Å². The van der Waals surface area contributed by atoms with E-state index in [-0.39, 0.29) is 5.75 Å². The standard InChI is InChI=1S/C17H21NO3/c1-14-17(16(19)10-11-18(14)2)21-13-7-6-12-20-15-8-4-3-5-9-15/h3-5,8-11H,6-7,12-13H2,1-2H3/p+1. The molecule has 0 bridgehead atoms. The molecule has 2 aromatic rings. The van der Waals surface area contributed by atoms with Crippen molar-refractivity contribution in [3.05, 3.63) is 48.3 Å². The first kappa shape index (κ1) is 15.2. The van der Waals surface area contributed by atoms with E-state index < -0.39 is 0 Å². The molecular weight excluding hydrogens is 266 g/mol. The van der Waals surface area contributed by atoms with E-state index in [9.17, 15) is 5.11 Å². The molecule has 1 aromatic carbocycles. The van der Waals surface area contributed by atoms with Gasteiger partial charge in [-0.05, 0) is 25.0 Å². The van der Waals surface area contributed by atoms with Gasteiger partial charge in [0.2, 0.25) is 11.4 Å².